The highest BCUT2D eigenvalue weighted by atomic mass is 32.1. The zero-order chi connectivity index (χ0) is 17.3. The molecule has 24 heavy (non-hydrogen) atoms. The molecule has 2 amide bonds. The van der Waals surface area contributed by atoms with Crippen LogP contribution in [0.2, 0.25) is 0 Å². The van der Waals surface area contributed by atoms with Gasteiger partial charge in [-0.1, -0.05) is 12.1 Å². The number of carbonyl (C=O) groups is 1. The third-order valence-corrected chi connectivity index (χ3v) is 5.64. The Labute approximate surface area is 146 Å². The molecule has 0 bridgehead atoms. The number of nitrogens with zero attached hydrogens (tertiary/aromatic N) is 2. The molecule has 1 heterocycles. The molecule has 1 aromatic heterocycles. The Hall–Kier alpha value is -2.08. The van der Waals surface area contributed by atoms with E-state index >= 15 is 0 Å². The second kappa shape index (κ2) is 6.81. The summed E-state index contributed by atoms with van der Waals surface area (Å²) in [5.74, 6) is 0.207. The molecular formula is C18H23N3O2S. The molecule has 6 heteroatoms. The Morgan fingerprint density at radius 2 is 2.29 bits per heavy atom. The summed E-state index contributed by atoms with van der Waals surface area (Å²) < 4.78 is 0. The first-order chi connectivity index (χ1) is 11.5. The SMILES string of the molecule is Cc1nc2c(s1)C(N(C)C(=O)N[C@@H](C)c1cccc(O)c1)CCC2. The highest BCUT2D eigenvalue weighted by Gasteiger charge is 2.30. The van der Waals surface area contributed by atoms with Crippen molar-refractivity contribution in [2.45, 2.75) is 45.2 Å². The predicted octanol–water partition coefficient (Wildman–Crippen LogP) is 3.94. The van der Waals surface area contributed by atoms with Crippen molar-refractivity contribution in [1.82, 2.24) is 15.2 Å². The molecule has 2 atom stereocenters. The third kappa shape index (κ3) is 3.38. The Morgan fingerprint density at radius 3 is 3.04 bits per heavy atom. The number of thiazole rings is 1. The van der Waals surface area contributed by atoms with Gasteiger partial charge in [-0.15, -0.1) is 11.3 Å². The maximum absolute atomic E-state index is 12.7. The summed E-state index contributed by atoms with van der Waals surface area (Å²) >= 11 is 1.70. The molecule has 128 valence electrons. The first-order valence-electron chi connectivity index (χ1n) is 8.24. The summed E-state index contributed by atoms with van der Waals surface area (Å²) in [6, 6.07) is 6.81. The van der Waals surface area contributed by atoms with Crippen LogP contribution in [-0.4, -0.2) is 28.1 Å². The number of aromatic nitrogens is 1. The summed E-state index contributed by atoms with van der Waals surface area (Å²) in [6.07, 6.45) is 3.03. The molecule has 0 saturated carbocycles. The van der Waals surface area contributed by atoms with E-state index in [4.69, 9.17) is 0 Å². The Kier molecular flexibility index (Phi) is 4.76. The quantitative estimate of drug-likeness (QED) is 0.885. The number of hydrogen-bond acceptors (Lipinski definition) is 4. The molecule has 2 N–H and O–H groups in total. The number of amides is 2. The smallest absolute Gasteiger partial charge is 0.318 e. The molecule has 1 aliphatic carbocycles. The lowest BCUT2D eigenvalue weighted by atomic mass is 9.97. The number of aryl methyl sites for hydroxylation is 2. The van der Waals surface area contributed by atoms with Gasteiger partial charge in [0.15, 0.2) is 0 Å². The van der Waals surface area contributed by atoms with E-state index in [9.17, 15) is 9.90 Å². The zero-order valence-corrected chi connectivity index (χ0v) is 15.1. The minimum Gasteiger partial charge on any atom is -0.508 e. The average molecular weight is 345 g/mol. The van der Waals surface area contributed by atoms with Crippen molar-refractivity contribution >= 4 is 17.4 Å². The Balaban J connectivity index is 1.71. The third-order valence-electron chi connectivity index (χ3n) is 4.53. The van der Waals surface area contributed by atoms with Gasteiger partial charge in [-0.05, 0) is 50.8 Å². The van der Waals surface area contributed by atoms with Crippen LogP contribution >= 0.6 is 11.3 Å². The van der Waals surface area contributed by atoms with Crippen molar-refractivity contribution in [3.05, 3.63) is 45.4 Å². The van der Waals surface area contributed by atoms with Gasteiger partial charge in [0.2, 0.25) is 0 Å². The fourth-order valence-electron chi connectivity index (χ4n) is 3.19. The number of phenolic OH excluding ortho intramolecular Hbond substituents is 1. The molecule has 3 rings (SSSR count). The molecular weight excluding hydrogens is 322 g/mol. The molecule has 0 spiro atoms. The largest absolute Gasteiger partial charge is 0.508 e. The summed E-state index contributed by atoms with van der Waals surface area (Å²) in [4.78, 5) is 20.3. The van der Waals surface area contributed by atoms with Gasteiger partial charge >= 0.3 is 6.03 Å². The van der Waals surface area contributed by atoms with Gasteiger partial charge in [0, 0.05) is 7.05 Å². The topological polar surface area (TPSA) is 65.5 Å². The van der Waals surface area contributed by atoms with E-state index in [1.807, 2.05) is 27.0 Å². The van der Waals surface area contributed by atoms with Crippen molar-refractivity contribution in [2.75, 3.05) is 7.05 Å². The number of rotatable bonds is 3. The first-order valence-corrected chi connectivity index (χ1v) is 9.06. The van der Waals surface area contributed by atoms with Crippen molar-refractivity contribution in [3.8, 4) is 5.75 Å². The molecule has 0 fully saturated rings. The van der Waals surface area contributed by atoms with Crippen LogP contribution in [0.3, 0.4) is 0 Å². The van der Waals surface area contributed by atoms with Crippen LogP contribution in [0, 0.1) is 6.92 Å². The molecule has 1 aromatic carbocycles. The minimum absolute atomic E-state index is 0.0938. The molecule has 5 nitrogen and oxygen atoms in total. The number of carbonyl (C=O) groups excluding carboxylic acids is 1. The Morgan fingerprint density at radius 1 is 1.50 bits per heavy atom. The molecule has 0 aliphatic heterocycles. The highest BCUT2D eigenvalue weighted by Crippen LogP contribution is 2.37. The second-order valence-corrected chi connectivity index (χ2v) is 7.56. The van der Waals surface area contributed by atoms with Gasteiger partial charge in [-0.25, -0.2) is 9.78 Å². The van der Waals surface area contributed by atoms with Crippen LogP contribution in [0.5, 0.6) is 5.75 Å². The molecule has 1 aliphatic rings. The van der Waals surface area contributed by atoms with Gasteiger partial charge in [0.25, 0.3) is 0 Å². The van der Waals surface area contributed by atoms with Gasteiger partial charge in [0.05, 0.1) is 27.7 Å². The molecule has 0 radical (unpaired) electrons. The maximum Gasteiger partial charge on any atom is 0.318 e. The molecule has 1 unspecified atom stereocenters. The van der Waals surface area contributed by atoms with E-state index in [1.165, 1.54) is 4.88 Å². The van der Waals surface area contributed by atoms with Crippen molar-refractivity contribution in [2.24, 2.45) is 0 Å². The lowest BCUT2D eigenvalue weighted by Gasteiger charge is -2.31. The number of hydrogen-bond donors (Lipinski definition) is 2. The van der Waals surface area contributed by atoms with Crippen molar-refractivity contribution in [1.29, 1.82) is 0 Å². The van der Waals surface area contributed by atoms with Crippen LogP contribution in [0.25, 0.3) is 0 Å². The van der Waals surface area contributed by atoms with Crippen LogP contribution in [0.1, 0.15) is 53.0 Å². The number of benzene rings is 1. The van der Waals surface area contributed by atoms with Crippen LogP contribution in [0.15, 0.2) is 24.3 Å². The lowest BCUT2D eigenvalue weighted by Crippen LogP contribution is -2.41. The zero-order valence-electron chi connectivity index (χ0n) is 14.2. The summed E-state index contributed by atoms with van der Waals surface area (Å²) in [7, 11) is 1.85. The fourth-order valence-corrected chi connectivity index (χ4v) is 4.35. The van der Waals surface area contributed by atoms with E-state index in [0.717, 1.165) is 35.5 Å². The monoisotopic (exact) mass is 345 g/mol. The van der Waals surface area contributed by atoms with E-state index in [2.05, 4.69) is 10.3 Å². The van der Waals surface area contributed by atoms with E-state index < -0.39 is 0 Å². The number of aromatic hydroxyl groups is 1. The van der Waals surface area contributed by atoms with Crippen LogP contribution in [-0.2, 0) is 6.42 Å². The van der Waals surface area contributed by atoms with Crippen molar-refractivity contribution in [3.63, 3.8) is 0 Å². The normalized spacial score (nSPS) is 17.9. The van der Waals surface area contributed by atoms with Crippen LogP contribution < -0.4 is 5.32 Å². The van der Waals surface area contributed by atoms with E-state index in [-0.39, 0.29) is 23.9 Å². The fraction of sp³-hybridized carbons (Fsp3) is 0.444. The lowest BCUT2D eigenvalue weighted by molar-refractivity contribution is 0.182. The number of fused-ring (bicyclic) bond motifs is 1. The highest BCUT2D eigenvalue weighted by molar-refractivity contribution is 7.11. The number of urea groups is 1. The van der Waals surface area contributed by atoms with Gasteiger partial charge in [-0.3, -0.25) is 0 Å². The van der Waals surface area contributed by atoms with Gasteiger partial charge < -0.3 is 15.3 Å². The van der Waals surface area contributed by atoms with Gasteiger partial charge in [0.1, 0.15) is 5.75 Å². The molecule has 0 saturated heterocycles. The number of phenols is 1. The summed E-state index contributed by atoms with van der Waals surface area (Å²) in [5, 5.41) is 13.7. The Bertz CT molecular complexity index is 744. The van der Waals surface area contributed by atoms with Crippen LogP contribution in [0.4, 0.5) is 4.79 Å². The van der Waals surface area contributed by atoms with Gasteiger partial charge in [-0.2, -0.15) is 0 Å². The number of nitrogens with one attached hydrogen (secondary N) is 1. The molecule has 2 aromatic rings. The maximum atomic E-state index is 12.7. The second-order valence-electron chi connectivity index (χ2n) is 6.33. The summed E-state index contributed by atoms with van der Waals surface area (Å²) in [6.45, 7) is 3.94. The summed E-state index contributed by atoms with van der Waals surface area (Å²) in [5.41, 5.74) is 2.03. The van der Waals surface area contributed by atoms with Crippen molar-refractivity contribution < 1.29 is 9.90 Å². The van der Waals surface area contributed by atoms with E-state index in [1.54, 1.807) is 34.4 Å². The predicted molar refractivity (Wildman–Crippen MR) is 95.3 cm³/mol. The minimum atomic E-state index is -0.168. The first kappa shape index (κ1) is 16.8. The average Bonchev–Trinajstić information content (AvgIpc) is 2.94. The van der Waals surface area contributed by atoms with E-state index in [0.29, 0.717) is 0 Å². The standard InChI is InChI=1S/C18H23N3O2S/c1-11(13-6-4-7-14(22)10-13)19-18(23)21(3)16-9-5-8-15-17(16)24-12(2)20-15/h4,6-7,10-11,16,22H,5,8-9H2,1-3H3,(H,19,23)/t11-,16?/m0/s1.